The Hall–Kier alpha value is -2.67. The van der Waals surface area contributed by atoms with Gasteiger partial charge >= 0.3 is 5.97 Å². The molecule has 2 aromatic rings. The summed E-state index contributed by atoms with van der Waals surface area (Å²) in [7, 11) is 0. The molecule has 0 radical (unpaired) electrons. The molecule has 7 nitrogen and oxygen atoms in total. The molecule has 1 aliphatic heterocycles. The average molecular weight is 371 g/mol. The number of nitrogens with one attached hydrogen (secondary N) is 1. The van der Waals surface area contributed by atoms with Gasteiger partial charge in [-0.25, -0.2) is 0 Å². The molecule has 0 saturated carbocycles. The number of piperidine rings is 1. The normalized spacial score (nSPS) is 18.7. The molecule has 27 heavy (non-hydrogen) atoms. The summed E-state index contributed by atoms with van der Waals surface area (Å²) in [4.78, 5) is 27.3. The zero-order valence-electron chi connectivity index (χ0n) is 15.7. The highest BCUT2D eigenvalue weighted by Gasteiger charge is 2.35. The number of hydrogen-bond donors (Lipinski definition) is 1. The maximum atomic E-state index is 13.1. The molecule has 1 aromatic heterocycles. The van der Waals surface area contributed by atoms with Crippen LogP contribution in [0.25, 0.3) is 0 Å². The Morgan fingerprint density at radius 2 is 2.15 bits per heavy atom. The van der Waals surface area contributed by atoms with E-state index in [4.69, 9.17) is 9.26 Å². The van der Waals surface area contributed by atoms with Crippen LogP contribution in [0.3, 0.4) is 0 Å². The van der Waals surface area contributed by atoms with Crippen LogP contribution in [-0.4, -0.2) is 41.6 Å². The minimum absolute atomic E-state index is 0.193. The van der Waals surface area contributed by atoms with E-state index in [1.807, 2.05) is 35.2 Å². The summed E-state index contributed by atoms with van der Waals surface area (Å²) in [6.07, 6.45) is 1.62. The number of esters is 1. The summed E-state index contributed by atoms with van der Waals surface area (Å²) in [5, 5.41) is 6.67. The standard InChI is InChI=1S/C20H25N3O4/c1-3-26-20(25)16-10-7-11-23(13-16)18(15-8-5-4-6-9-15)19(24)21-17-12-14(2)27-22-17/h4-6,8-9,12,16,18H,3,7,10-11,13H2,1-2H3,(H,21,22,24). The molecule has 144 valence electrons. The second-order valence-electron chi connectivity index (χ2n) is 6.71. The van der Waals surface area contributed by atoms with Crippen LogP contribution in [0.2, 0.25) is 0 Å². The zero-order valence-corrected chi connectivity index (χ0v) is 15.7. The molecule has 1 N–H and O–H groups in total. The van der Waals surface area contributed by atoms with Gasteiger partial charge in [-0.3, -0.25) is 14.5 Å². The second-order valence-corrected chi connectivity index (χ2v) is 6.71. The van der Waals surface area contributed by atoms with Crippen molar-refractivity contribution in [2.75, 3.05) is 25.0 Å². The summed E-state index contributed by atoms with van der Waals surface area (Å²) in [6, 6.07) is 10.7. The maximum absolute atomic E-state index is 13.1. The number of likely N-dealkylation sites (tertiary alicyclic amines) is 1. The van der Waals surface area contributed by atoms with Crippen molar-refractivity contribution in [1.82, 2.24) is 10.1 Å². The summed E-state index contributed by atoms with van der Waals surface area (Å²) in [6.45, 7) is 5.17. The molecule has 7 heteroatoms. The van der Waals surface area contributed by atoms with Gasteiger partial charge in [-0.2, -0.15) is 0 Å². The first-order valence-electron chi connectivity index (χ1n) is 9.28. The Kier molecular flexibility index (Phi) is 6.24. The van der Waals surface area contributed by atoms with Gasteiger partial charge < -0.3 is 14.6 Å². The fraction of sp³-hybridized carbons (Fsp3) is 0.450. The smallest absolute Gasteiger partial charge is 0.310 e. The van der Waals surface area contributed by atoms with E-state index >= 15 is 0 Å². The molecular weight excluding hydrogens is 346 g/mol. The van der Waals surface area contributed by atoms with Gasteiger partial charge in [-0.1, -0.05) is 35.5 Å². The molecule has 1 fully saturated rings. The number of aryl methyl sites for hydroxylation is 1. The minimum atomic E-state index is -0.513. The molecule has 0 bridgehead atoms. The first kappa shape index (κ1) is 19.1. The lowest BCUT2D eigenvalue weighted by molar-refractivity contribution is -0.151. The van der Waals surface area contributed by atoms with E-state index < -0.39 is 6.04 Å². The number of nitrogens with zero attached hydrogens (tertiary/aromatic N) is 2. The van der Waals surface area contributed by atoms with Gasteiger partial charge in [0, 0.05) is 12.6 Å². The SMILES string of the molecule is CCOC(=O)C1CCCN(C(C(=O)Nc2cc(C)on2)c2ccccc2)C1. The fourth-order valence-electron chi connectivity index (χ4n) is 3.48. The van der Waals surface area contributed by atoms with Gasteiger partial charge in [0.05, 0.1) is 12.5 Å². The average Bonchev–Trinajstić information content (AvgIpc) is 3.08. The Morgan fingerprint density at radius 1 is 1.37 bits per heavy atom. The van der Waals surface area contributed by atoms with Crippen molar-refractivity contribution >= 4 is 17.7 Å². The van der Waals surface area contributed by atoms with E-state index in [1.165, 1.54) is 0 Å². The van der Waals surface area contributed by atoms with E-state index in [0.717, 1.165) is 24.9 Å². The number of amides is 1. The molecule has 2 atom stereocenters. The summed E-state index contributed by atoms with van der Waals surface area (Å²) in [5.74, 6) is 0.409. The number of benzene rings is 1. The monoisotopic (exact) mass is 371 g/mol. The van der Waals surface area contributed by atoms with Crippen LogP contribution in [0, 0.1) is 12.8 Å². The molecule has 3 rings (SSSR count). The van der Waals surface area contributed by atoms with Crippen LogP contribution in [0.1, 0.15) is 37.1 Å². The van der Waals surface area contributed by atoms with Crippen molar-refractivity contribution in [1.29, 1.82) is 0 Å². The molecule has 1 aromatic carbocycles. The van der Waals surface area contributed by atoms with Gasteiger partial charge in [-0.05, 0) is 38.8 Å². The Balaban J connectivity index is 1.81. The molecule has 1 saturated heterocycles. The minimum Gasteiger partial charge on any atom is -0.466 e. The fourth-order valence-corrected chi connectivity index (χ4v) is 3.48. The van der Waals surface area contributed by atoms with E-state index in [-0.39, 0.29) is 17.8 Å². The molecule has 2 heterocycles. The van der Waals surface area contributed by atoms with Gasteiger partial charge in [-0.15, -0.1) is 0 Å². The summed E-state index contributed by atoms with van der Waals surface area (Å²) < 4.78 is 10.2. The van der Waals surface area contributed by atoms with Crippen molar-refractivity contribution < 1.29 is 18.8 Å². The van der Waals surface area contributed by atoms with Crippen molar-refractivity contribution in [2.45, 2.75) is 32.7 Å². The third-order valence-corrected chi connectivity index (χ3v) is 4.68. The van der Waals surface area contributed by atoms with Crippen molar-refractivity contribution in [3.8, 4) is 0 Å². The van der Waals surface area contributed by atoms with E-state index in [9.17, 15) is 9.59 Å². The van der Waals surface area contributed by atoms with Gasteiger partial charge in [0.25, 0.3) is 0 Å². The molecule has 1 aliphatic rings. The van der Waals surface area contributed by atoms with Crippen LogP contribution < -0.4 is 5.32 Å². The summed E-state index contributed by atoms with van der Waals surface area (Å²) >= 11 is 0. The Bertz CT molecular complexity index is 775. The van der Waals surface area contributed by atoms with Gasteiger partial charge in [0.1, 0.15) is 11.8 Å². The van der Waals surface area contributed by atoms with Crippen LogP contribution in [0.15, 0.2) is 40.9 Å². The maximum Gasteiger partial charge on any atom is 0.310 e. The van der Waals surface area contributed by atoms with Crippen LogP contribution in [0.5, 0.6) is 0 Å². The van der Waals surface area contributed by atoms with Crippen LogP contribution in [-0.2, 0) is 14.3 Å². The number of hydrogen-bond acceptors (Lipinski definition) is 6. The zero-order chi connectivity index (χ0) is 19.2. The van der Waals surface area contributed by atoms with Crippen molar-refractivity contribution in [3.63, 3.8) is 0 Å². The molecule has 2 unspecified atom stereocenters. The molecular formula is C20H25N3O4. The third-order valence-electron chi connectivity index (χ3n) is 4.68. The van der Waals surface area contributed by atoms with E-state index in [2.05, 4.69) is 10.5 Å². The number of carbonyl (C=O) groups excluding carboxylic acids is 2. The Labute approximate surface area is 158 Å². The van der Waals surface area contributed by atoms with E-state index in [1.54, 1.807) is 19.9 Å². The second kappa shape index (κ2) is 8.81. The molecule has 1 amide bonds. The number of ether oxygens (including phenoxy) is 1. The number of anilines is 1. The molecule has 0 spiro atoms. The lowest BCUT2D eigenvalue weighted by atomic mass is 9.94. The topological polar surface area (TPSA) is 84.7 Å². The predicted octanol–water partition coefficient (Wildman–Crippen LogP) is 2.94. The summed E-state index contributed by atoms with van der Waals surface area (Å²) in [5.41, 5.74) is 0.875. The first-order valence-corrected chi connectivity index (χ1v) is 9.28. The highest BCUT2D eigenvalue weighted by Crippen LogP contribution is 2.29. The highest BCUT2D eigenvalue weighted by atomic mass is 16.5. The first-order chi connectivity index (χ1) is 13.1. The van der Waals surface area contributed by atoms with Crippen LogP contribution in [0.4, 0.5) is 5.82 Å². The van der Waals surface area contributed by atoms with Crippen molar-refractivity contribution in [2.24, 2.45) is 5.92 Å². The quantitative estimate of drug-likeness (QED) is 0.786. The molecule has 0 aliphatic carbocycles. The van der Waals surface area contributed by atoms with E-state index in [0.29, 0.717) is 24.7 Å². The lowest BCUT2D eigenvalue weighted by Gasteiger charge is -2.36. The number of rotatable bonds is 6. The lowest BCUT2D eigenvalue weighted by Crippen LogP contribution is -2.45. The largest absolute Gasteiger partial charge is 0.466 e. The van der Waals surface area contributed by atoms with Gasteiger partial charge in [0.15, 0.2) is 5.82 Å². The van der Waals surface area contributed by atoms with Crippen LogP contribution >= 0.6 is 0 Å². The highest BCUT2D eigenvalue weighted by molar-refractivity contribution is 5.94. The van der Waals surface area contributed by atoms with Crippen molar-refractivity contribution in [3.05, 3.63) is 47.7 Å². The number of aromatic nitrogens is 1. The number of carbonyl (C=O) groups is 2. The third kappa shape index (κ3) is 4.74. The Morgan fingerprint density at radius 3 is 2.81 bits per heavy atom. The predicted molar refractivity (Wildman–Crippen MR) is 100.0 cm³/mol. The van der Waals surface area contributed by atoms with Gasteiger partial charge in [0.2, 0.25) is 5.91 Å².